The van der Waals surface area contributed by atoms with Gasteiger partial charge in [-0.3, -0.25) is 0 Å². The Morgan fingerprint density at radius 3 is 1.62 bits per heavy atom. The second-order valence-corrected chi connectivity index (χ2v) is 28.5. The Hall–Kier alpha value is 1.69. The fourth-order valence-corrected chi connectivity index (χ4v) is 44.2. The van der Waals surface area contributed by atoms with Crippen LogP contribution in [-0.4, -0.2) is 44.7 Å². The van der Waals surface area contributed by atoms with E-state index >= 15 is 0 Å². The molecule has 0 aromatic heterocycles. The third-order valence-corrected chi connectivity index (χ3v) is 42.7. The molecule has 1 aliphatic heterocycles. The van der Waals surface area contributed by atoms with Crippen molar-refractivity contribution in [3.63, 3.8) is 0 Å². The summed E-state index contributed by atoms with van der Waals surface area (Å²) in [5.74, 6) is 0. The Balaban J connectivity index is 2.03. The molecule has 0 atom stereocenters. The van der Waals surface area contributed by atoms with E-state index in [1.54, 1.807) is 0 Å². The van der Waals surface area contributed by atoms with Crippen LogP contribution in [-0.2, 0) is 0 Å². The standard InChI is InChI=1S/2C2H5.2Bi.2HN/c2*1-2;;;;/h2*1H2,2H3;;;2*1H. The Kier molecular flexibility index (Phi) is 3.66. The van der Waals surface area contributed by atoms with Crippen LogP contribution in [0.4, 0.5) is 0 Å². The summed E-state index contributed by atoms with van der Waals surface area (Å²) in [6.45, 7) is 4.60. The molecule has 2 nitrogen and oxygen atoms in total. The SMILES string of the molecule is C[CH2][Bi]1[NH][Bi]([CH2]C)[NH]1. The first-order chi connectivity index (χ1) is 3.86. The van der Waals surface area contributed by atoms with Crippen LogP contribution in [0.1, 0.15) is 13.8 Å². The average Bonchev–Trinajstić information content (AvgIpc) is 1.65. The van der Waals surface area contributed by atoms with Crippen molar-refractivity contribution in [3.05, 3.63) is 0 Å². The minimum atomic E-state index is -1.00. The second-order valence-electron chi connectivity index (χ2n) is 1.69. The molecule has 4 heteroatoms. The first-order valence-electron chi connectivity index (χ1n) is 2.94. The van der Waals surface area contributed by atoms with Gasteiger partial charge in [0, 0.05) is 0 Å². The Labute approximate surface area is 68.4 Å². The molecule has 1 aliphatic rings. The minimum absolute atomic E-state index is 1.00. The van der Waals surface area contributed by atoms with Crippen LogP contribution in [0, 0.1) is 0 Å². The quantitative estimate of drug-likeness (QED) is 0.524. The molecular weight excluding hydrogens is 494 g/mol. The first-order valence-corrected chi connectivity index (χ1v) is 14.8. The van der Waals surface area contributed by atoms with Gasteiger partial charge in [0.15, 0.2) is 0 Å². The predicted octanol–water partition coefficient (Wildman–Crippen LogP) is 0.195. The van der Waals surface area contributed by atoms with Gasteiger partial charge in [0.25, 0.3) is 0 Å². The maximum atomic E-state index is 3.78. The first kappa shape index (κ1) is 7.79. The molecule has 0 spiro atoms. The summed E-state index contributed by atoms with van der Waals surface area (Å²) in [4.78, 5) is 0. The van der Waals surface area contributed by atoms with Crippen LogP contribution < -0.4 is 2.41 Å². The fraction of sp³-hybridized carbons (Fsp3) is 1.00. The molecule has 1 rings (SSSR count). The molecule has 0 aromatic carbocycles. The van der Waals surface area contributed by atoms with E-state index < -0.39 is 44.7 Å². The van der Waals surface area contributed by atoms with Crippen molar-refractivity contribution in [1.82, 2.24) is 2.41 Å². The van der Waals surface area contributed by atoms with Crippen molar-refractivity contribution in [3.8, 4) is 0 Å². The van der Waals surface area contributed by atoms with E-state index in [1.165, 1.54) is 8.26 Å². The zero-order valence-electron chi connectivity index (χ0n) is 5.31. The van der Waals surface area contributed by atoms with Gasteiger partial charge < -0.3 is 0 Å². The van der Waals surface area contributed by atoms with E-state index in [-0.39, 0.29) is 0 Å². The molecule has 1 heterocycles. The molecular formula is C4H12Bi2N2. The molecule has 0 aliphatic carbocycles. The Morgan fingerprint density at radius 1 is 1.00 bits per heavy atom. The van der Waals surface area contributed by atoms with Gasteiger partial charge in [-0.1, -0.05) is 0 Å². The fourth-order valence-electron chi connectivity index (χ4n) is 0.574. The van der Waals surface area contributed by atoms with E-state index in [0.29, 0.717) is 0 Å². The molecule has 0 radical (unpaired) electrons. The number of hydrogen-bond acceptors (Lipinski definition) is 2. The maximum absolute atomic E-state index is 3.78. The van der Waals surface area contributed by atoms with E-state index in [2.05, 4.69) is 16.3 Å². The molecule has 8 heavy (non-hydrogen) atoms. The average molecular weight is 506 g/mol. The molecule has 0 aromatic rings. The second kappa shape index (κ2) is 3.76. The zero-order valence-corrected chi connectivity index (χ0v) is 12.3. The van der Waals surface area contributed by atoms with Gasteiger partial charge in [-0.25, -0.2) is 0 Å². The molecule has 0 amide bonds. The van der Waals surface area contributed by atoms with Crippen molar-refractivity contribution in [2.75, 3.05) is 0 Å². The van der Waals surface area contributed by atoms with Crippen molar-refractivity contribution in [2.45, 2.75) is 22.1 Å². The van der Waals surface area contributed by atoms with E-state index in [1.807, 2.05) is 0 Å². The van der Waals surface area contributed by atoms with Gasteiger partial charge in [-0.15, -0.1) is 0 Å². The van der Waals surface area contributed by atoms with Gasteiger partial charge in [-0.2, -0.15) is 0 Å². The Morgan fingerprint density at radius 2 is 1.38 bits per heavy atom. The number of hydrogen-bond donors (Lipinski definition) is 2. The molecule has 48 valence electrons. The Bertz CT molecular complexity index is 64.4. The van der Waals surface area contributed by atoms with Gasteiger partial charge in [0.05, 0.1) is 0 Å². The van der Waals surface area contributed by atoms with E-state index in [4.69, 9.17) is 0 Å². The predicted molar refractivity (Wildman–Crippen MR) is 38.7 cm³/mol. The van der Waals surface area contributed by atoms with Crippen LogP contribution >= 0.6 is 0 Å². The van der Waals surface area contributed by atoms with E-state index in [0.717, 1.165) is 0 Å². The van der Waals surface area contributed by atoms with Crippen molar-refractivity contribution in [2.24, 2.45) is 0 Å². The summed E-state index contributed by atoms with van der Waals surface area (Å²) in [5.41, 5.74) is 0. The van der Waals surface area contributed by atoms with Crippen molar-refractivity contribution < 1.29 is 0 Å². The normalized spacial score (nSPS) is 23.2. The third kappa shape index (κ3) is 1.83. The molecule has 1 saturated heterocycles. The van der Waals surface area contributed by atoms with Crippen molar-refractivity contribution >= 4 is 44.7 Å². The van der Waals surface area contributed by atoms with Crippen LogP contribution in [0.2, 0.25) is 8.26 Å². The molecule has 1 fully saturated rings. The van der Waals surface area contributed by atoms with Crippen LogP contribution in [0.15, 0.2) is 0 Å². The van der Waals surface area contributed by atoms with Gasteiger partial charge in [0.1, 0.15) is 0 Å². The monoisotopic (exact) mass is 506 g/mol. The zero-order chi connectivity index (χ0) is 5.98. The van der Waals surface area contributed by atoms with Gasteiger partial charge >= 0.3 is 69.2 Å². The summed E-state index contributed by atoms with van der Waals surface area (Å²) in [6, 6.07) is 0. The molecule has 0 unspecified atom stereocenters. The van der Waals surface area contributed by atoms with Crippen LogP contribution in [0.25, 0.3) is 0 Å². The van der Waals surface area contributed by atoms with Gasteiger partial charge in [-0.05, 0) is 0 Å². The summed E-state index contributed by atoms with van der Waals surface area (Å²) in [5, 5.41) is 0. The summed E-state index contributed by atoms with van der Waals surface area (Å²) in [7, 11) is 0. The molecule has 2 N–H and O–H groups in total. The summed E-state index contributed by atoms with van der Waals surface area (Å²) < 4.78 is 10.4. The van der Waals surface area contributed by atoms with Crippen molar-refractivity contribution in [1.29, 1.82) is 0 Å². The topological polar surface area (TPSA) is 24.1 Å². The third-order valence-electron chi connectivity index (χ3n) is 1.12. The number of rotatable bonds is 2. The van der Waals surface area contributed by atoms with Gasteiger partial charge in [0.2, 0.25) is 0 Å². The molecule has 0 bridgehead atoms. The van der Waals surface area contributed by atoms with Crippen LogP contribution in [0.5, 0.6) is 0 Å². The molecule has 0 saturated carbocycles. The summed E-state index contributed by atoms with van der Waals surface area (Å²) in [6.07, 6.45) is 0. The van der Waals surface area contributed by atoms with E-state index in [9.17, 15) is 0 Å². The van der Waals surface area contributed by atoms with Crippen LogP contribution in [0.3, 0.4) is 0 Å². The summed E-state index contributed by atoms with van der Waals surface area (Å²) >= 11 is -2.01. The number of nitrogens with one attached hydrogen (secondary N) is 2.